The minimum absolute atomic E-state index is 0.0853. The van der Waals surface area contributed by atoms with E-state index in [0.29, 0.717) is 34.6 Å². The van der Waals surface area contributed by atoms with Gasteiger partial charge in [-0.2, -0.15) is 0 Å². The summed E-state index contributed by atoms with van der Waals surface area (Å²) in [5, 5.41) is 0.450. The van der Waals surface area contributed by atoms with E-state index in [1.165, 1.54) is 0 Å². The summed E-state index contributed by atoms with van der Waals surface area (Å²) in [6, 6.07) is 27.1. The van der Waals surface area contributed by atoms with Crippen molar-refractivity contribution in [1.82, 2.24) is 9.88 Å². The number of benzene rings is 3. The van der Waals surface area contributed by atoms with Crippen molar-refractivity contribution in [1.29, 1.82) is 0 Å². The molecule has 0 bridgehead atoms. The van der Waals surface area contributed by atoms with Gasteiger partial charge in [-0.1, -0.05) is 42.5 Å². The van der Waals surface area contributed by atoms with Gasteiger partial charge in [-0.15, -0.1) is 0 Å². The van der Waals surface area contributed by atoms with Crippen molar-refractivity contribution in [3.63, 3.8) is 0 Å². The number of hydrogen-bond donors (Lipinski definition) is 0. The predicted molar refractivity (Wildman–Crippen MR) is 131 cm³/mol. The zero-order valence-electron chi connectivity index (χ0n) is 18.6. The maximum absolute atomic E-state index is 13.6. The number of carbonyl (C=O) groups excluding carboxylic acids is 1. The van der Waals surface area contributed by atoms with Gasteiger partial charge < -0.3 is 14.1 Å². The van der Waals surface area contributed by atoms with Crippen LogP contribution < -0.4 is 10.2 Å². The second-order valence-corrected chi connectivity index (χ2v) is 8.35. The second kappa shape index (κ2) is 8.57. The van der Waals surface area contributed by atoms with Crippen molar-refractivity contribution < 1.29 is 13.9 Å². The van der Waals surface area contributed by atoms with E-state index >= 15 is 0 Å². The molecule has 1 unspecified atom stereocenters. The minimum atomic E-state index is -0.620. The molecule has 170 valence electrons. The Bertz CT molecular complexity index is 1600. The average molecular weight is 460 g/mol. The number of para-hydroxylation sites is 2. The second-order valence-electron chi connectivity index (χ2n) is 8.35. The molecule has 1 aliphatic rings. The number of pyridine rings is 1. The molecule has 35 heavy (non-hydrogen) atoms. The lowest BCUT2D eigenvalue weighted by atomic mass is 9.98. The fourth-order valence-corrected chi connectivity index (χ4v) is 4.53. The minimum Gasteiger partial charge on any atom is -0.457 e. The molecule has 0 N–H and O–H groups in total. The van der Waals surface area contributed by atoms with Gasteiger partial charge in [-0.3, -0.25) is 14.6 Å². The van der Waals surface area contributed by atoms with Crippen molar-refractivity contribution in [2.45, 2.75) is 12.6 Å². The van der Waals surface area contributed by atoms with Gasteiger partial charge in [0.2, 0.25) is 5.76 Å². The maximum Gasteiger partial charge on any atom is 0.291 e. The van der Waals surface area contributed by atoms with Crippen molar-refractivity contribution in [2.75, 3.05) is 0 Å². The molecule has 0 spiro atoms. The van der Waals surface area contributed by atoms with Crippen molar-refractivity contribution >= 4 is 16.9 Å². The summed E-state index contributed by atoms with van der Waals surface area (Å²) in [7, 11) is 0. The Labute approximate surface area is 201 Å². The largest absolute Gasteiger partial charge is 0.457 e. The summed E-state index contributed by atoms with van der Waals surface area (Å²) in [5.41, 5.74) is 2.21. The zero-order valence-corrected chi connectivity index (χ0v) is 18.6. The Morgan fingerprint density at radius 1 is 0.829 bits per heavy atom. The lowest BCUT2D eigenvalue weighted by Gasteiger charge is -2.25. The van der Waals surface area contributed by atoms with Gasteiger partial charge >= 0.3 is 0 Å². The molecule has 6 nitrogen and oxygen atoms in total. The Morgan fingerprint density at radius 3 is 2.40 bits per heavy atom. The summed E-state index contributed by atoms with van der Waals surface area (Å²) in [6.07, 6.45) is 3.37. The van der Waals surface area contributed by atoms with E-state index in [-0.39, 0.29) is 17.1 Å². The highest BCUT2D eigenvalue weighted by atomic mass is 16.5. The molecule has 5 aromatic rings. The van der Waals surface area contributed by atoms with Gasteiger partial charge in [-0.05, 0) is 59.7 Å². The number of hydrogen-bond acceptors (Lipinski definition) is 5. The summed E-state index contributed by atoms with van der Waals surface area (Å²) >= 11 is 0. The lowest BCUT2D eigenvalue weighted by molar-refractivity contribution is 0.0714. The highest BCUT2D eigenvalue weighted by molar-refractivity contribution is 5.99. The molecular weight excluding hydrogens is 440 g/mol. The molecule has 0 radical (unpaired) electrons. The van der Waals surface area contributed by atoms with Crippen LogP contribution in [0.15, 0.2) is 113 Å². The van der Waals surface area contributed by atoms with Crippen molar-refractivity contribution in [3.05, 3.63) is 136 Å². The molecular formula is C29H20N2O4. The number of aromatic nitrogens is 1. The quantitative estimate of drug-likeness (QED) is 0.335. The van der Waals surface area contributed by atoms with Gasteiger partial charge in [0.25, 0.3) is 5.91 Å². The molecule has 1 aliphatic heterocycles. The van der Waals surface area contributed by atoms with E-state index in [1.807, 2.05) is 66.7 Å². The topological polar surface area (TPSA) is 72.6 Å². The SMILES string of the molecule is O=C1c2oc3ccccc3c(=O)c2C(c2cccc(Oc3ccccc3)c2)N1Cc1ccncc1. The third kappa shape index (κ3) is 3.75. The van der Waals surface area contributed by atoms with Crippen LogP contribution in [0.3, 0.4) is 0 Å². The monoisotopic (exact) mass is 460 g/mol. The normalized spacial score (nSPS) is 14.8. The third-order valence-electron chi connectivity index (χ3n) is 6.13. The van der Waals surface area contributed by atoms with Gasteiger partial charge in [0.15, 0.2) is 5.43 Å². The molecule has 0 fully saturated rings. The predicted octanol–water partition coefficient (Wildman–Crippen LogP) is 5.73. The number of fused-ring (bicyclic) bond motifs is 2. The highest BCUT2D eigenvalue weighted by Gasteiger charge is 2.42. The standard InChI is InChI=1S/C29H20N2O4/c32-27-23-11-4-5-12-24(23)35-28-25(27)26(31(29(28)33)18-19-13-15-30-16-14-19)20-7-6-10-22(17-20)34-21-8-2-1-3-9-21/h1-17,26H,18H2. The third-order valence-corrected chi connectivity index (χ3v) is 6.13. The smallest absolute Gasteiger partial charge is 0.291 e. The first-order valence-electron chi connectivity index (χ1n) is 11.3. The molecule has 6 rings (SSSR count). The van der Waals surface area contributed by atoms with E-state index in [2.05, 4.69) is 4.98 Å². The fourth-order valence-electron chi connectivity index (χ4n) is 4.53. The van der Waals surface area contributed by atoms with E-state index in [9.17, 15) is 9.59 Å². The molecule has 0 aliphatic carbocycles. The summed E-state index contributed by atoms with van der Waals surface area (Å²) in [6.45, 7) is 0.301. The van der Waals surface area contributed by atoms with Gasteiger partial charge in [0.05, 0.1) is 17.0 Å². The zero-order chi connectivity index (χ0) is 23.8. The number of nitrogens with zero attached hydrogens (tertiary/aromatic N) is 2. The van der Waals surface area contributed by atoms with Crippen LogP contribution in [0.4, 0.5) is 0 Å². The van der Waals surface area contributed by atoms with Crippen LogP contribution in [0.2, 0.25) is 0 Å². The molecule has 6 heteroatoms. The average Bonchev–Trinajstić information content (AvgIpc) is 3.17. The highest BCUT2D eigenvalue weighted by Crippen LogP contribution is 2.40. The van der Waals surface area contributed by atoms with E-state index < -0.39 is 6.04 Å². The van der Waals surface area contributed by atoms with Crippen molar-refractivity contribution in [3.8, 4) is 11.5 Å². The summed E-state index contributed by atoms with van der Waals surface area (Å²) in [4.78, 5) is 33.0. The van der Waals surface area contributed by atoms with E-state index in [1.54, 1.807) is 41.6 Å². The Morgan fingerprint density at radius 2 is 1.57 bits per heavy atom. The van der Waals surface area contributed by atoms with Crippen LogP contribution in [0.25, 0.3) is 11.0 Å². The van der Waals surface area contributed by atoms with Crippen LogP contribution in [0.5, 0.6) is 11.5 Å². The molecule has 1 atom stereocenters. The van der Waals surface area contributed by atoms with Crippen LogP contribution in [0, 0.1) is 0 Å². The van der Waals surface area contributed by atoms with E-state index in [0.717, 1.165) is 11.1 Å². The number of amides is 1. The summed E-state index contributed by atoms with van der Waals surface area (Å²) in [5.74, 6) is 1.08. The van der Waals surface area contributed by atoms with Crippen LogP contribution in [0.1, 0.15) is 33.3 Å². The van der Waals surface area contributed by atoms with Crippen LogP contribution in [-0.4, -0.2) is 15.8 Å². The number of ether oxygens (including phenoxy) is 1. The molecule has 0 saturated carbocycles. The van der Waals surface area contributed by atoms with Gasteiger partial charge in [0.1, 0.15) is 17.1 Å². The van der Waals surface area contributed by atoms with Crippen LogP contribution in [-0.2, 0) is 6.54 Å². The molecule has 2 aromatic heterocycles. The fraction of sp³-hybridized carbons (Fsp3) is 0.0690. The van der Waals surface area contributed by atoms with Gasteiger partial charge in [-0.25, -0.2) is 0 Å². The first-order valence-corrected chi connectivity index (χ1v) is 11.3. The lowest BCUT2D eigenvalue weighted by Crippen LogP contribution is -2.29. The summed E-state index contributed by atoms with van der Waals surface area (Å²) < 4.78 is 12.0. The Hall–Kier alpha value is -4.71. The number of rotatable bonds is 5. The van der Waals surface area contributed by atoms with Crippen LogP contribution >= 0.6 is 0 Å². The Kier molecular flexibility index (Phi) is 5.11. The van der Waals surface area contributed by atoms with E-state index in [4.69, 9.17) is 9.15 Å². The molecule has 0 saturated heterocycles. The Balaban J connectivity index is 1.50. The first kappa shape index (κ1) is 20.9. The van der Waals surface area contributed by atoms with Gasteiger partial charge in [0, 0.05) is 18.9 Å². The molecule has 1 amide bonds. The van der Waals surface area contributed by atoms with Crippen molar-refractivity contribution in [2.24, 2.45) is 0 Å². The first-order chi connectivity index (χ1) is 17.2. The molecule has 3 heterocycles. The molecule has 3 aromatic carbocycles. The maximum atomic E-state index is 13.6. The number of carbonyl (C=O) groups is 1.